The molecule has 178 valence electrons. The fourth-order valence-electron chi connectivity index (χ4n) is 3.72. The zero-order chi connectivity index (χ0) is 24.7. The summed E-state index contributed by atoms with van der Waals surface area (Å²) >= 11 is 0. The SMILES string of the molecule is CN(CCc1ccccn1)C(=O)c1ccc(/C=N\Nc2ncnc3c2cnn3-c2ccccc2)cc1. The Balaban J connectivity index is 1.22. The Morgan fingerprint density at radius 3 is 2.58 bits per heavy atom. The number of hydrogen-bond acceptors (Lipinski definition) is 7. The molecule has 0 aliphatic heterocycles. The maximum atomic E-state index is 12.7. The van der Waals surface area contributed by atoms with Gasteiger partial charge in [0.05, 0.1) is 23.5 Å². The van der Waals surface area contributed by atoms with Crippen LogP contribution in [-0.4, -0.2) is 55.3 Å². The Hall–Kier alpha value is -4.92. The molecule has 2 aromatic carbocycles. The molecule has 1 N–H and O–H groups in total. The van der Waals surface area contributed by atoms with Crippen molar-refractivity contribution in [1.29, 1.82) is 0 Å². The lowest BCUT2D eigenvalue weighted by Crippen LogP contribution is -2.29. The van der Waals surface area contributed by atoms with Crippen molar-refractivity contribution in [3.05, 3.63) is 108 Å². The van der Waals surface area contributed by atoms with Crippen molar-refractivity contribution in [1.82, 2.24) is 29.6 Å². The van der Waals surface area contributed by atoms with Gasteiger partial charge in [-0.05, 0) is 42.0 Å². The van der Waals surface area contributed by atoms with E-state index in [1.165, 1.54) is 6.33 Å². The van der Waals surface area contributed by atoms with Crippen molar-refractivity contribution in [2.24, 2.45) is 5.10 Å². The van der Waals surface area contributed by atoms with Crippen molar-refractivity contribution in [3.63, 3.8) is 0 Å². The van der Waals surface area contributed by atoms with E-state index in [9.17, 15) is 4.79 Å². The maximum absolute atomic E-state index is 12.7. The van der Waals surface area contributed by atoms with Gasteiger partial charge in [0, 0.05) is 37.5 Å². The molecule has 0 aliphatic rings. The van der Waals surface area contributed by atoms with Gasteiger partial charge in [0.2, 0.25) is 0 Å². The number of carbonyl (C=O) groups excluding carboxylic acids is 1. The average Bonchev–Trinajstić information content (AvgIpc) is 3.38. The number of nitrogens with one attached hydrogen (secondary N) is 1. The van der Waals surface area contributed by atoms with E-state index in [0.29, 0.717) is 30.0 Å². The van der Waals surface area contributed by atoms with E-state index in [0.717, 1.165) is 22.3 Å². The van der Waals surface area contributed by atoms with Gasteiger partial charge in [0.15, 0.2) is 11.5 Å². The lowest BCUT2D eigenvalue weighted by atomic mass is 10.1. The lowest BCUT2D eigenvalue weighted by molar-refractivity contribution is 0.0796. The first kappa shape index (κ1) is 22.9. The molecule has 0 aliphatic carbocycles. The van der Waals surface area contributed by atoms with Crippen LogP contribution in [-0.2, 0) is 6.42 Å². The first-order valence-electron chi connectivity index (χ1n) is 11.5. The van der Waals surface area contributed by atoms with Crippen LogP contribution in [0.4, 0.5) is 5.82 Å². The van der Waals surface area contributed by atoms with Crippen LogP contribution >= 0.6 is 0 Å². The van der Waals surface area contributed by atoms with Crippen LogP contribution in [0.5, 0.6) is 0 Å². The van der Waals surface area contributed by atoms with Gasteiger partial charge in [0.1, 0.15) is 6.33 Å². The van der Waals surface area contributed by atoms with Gasteiger partial charge in [-0.1, -0.05) is 36.4 Å². The largest absolute Gasteiger partial charge is 0.341 e. The summed E-state index contributed by atoms with van der Waals surface area (Å²) in [6.45, 7) is 0.594. The summed E-state index contributed by atoms with van der Waals surface area (Å²) in [5.74, 6) is 0.520. The first-order chi connectivity index (χ1) is 17.7. The monoisotopic (exact) mass is 476 g/mol. The molecule has 0 fully saturated rings. The predicted octanol–water partition coefficient (Wildman–Crippen LogP) is 3.97. The highest BCUT2D eigenvalue weighted by Crippen LogP contribution is 2.21. The summed E-state index contributed by atoms with van der Waals surface area (Å²) in [4.78, 5) is 27.4. The van der Waals surface area contributed by atoms with Crippen molar-refractivity contribution >= 4 is 29.0 Å². The molecule has 0 atom stereocenters. The summed E-state index contributed by atoms with van der Waals surface area (Å²) in [5, 5.41) is 9.52. The number of nitrogens with zero attached hydrogens (tertiary/aromatic N) is 7. The van der Waals surface area contributed by atoms with Gasteiger partial charge in [-0.2, -0.15) is 10.2 Å². The van der Waals surface area contributed by atoms with Gasteiger partial charge < -0.3 is 4.90 Å². The van der Waals surface area contributed by atoms with Crippen LogP contribution in [0.15, 0.2) is 96.6 Å². The van der Waals surface area contributed by atoms with E-state index >= 15 is 0 Å². The Morgan fingerprint density at radius 1 is 1.00 bits per heavy atom. The minimum absolute atomic E-state index is 0.0358. The number of likely N-dealkylation sites (N-methyl/N-ethyl adjacent to an activating group) is 1. The second-order valence-corrected chi connectivity index (χ2v) is 8.14. The normalized spacial score (nSPS) is 11.1. The summed E-state index contributed by atoms with van der Waals surface area (Å²) in [6, 6.07) is 22.9. The predicted molar refractivity (Wildman–Crippen MR) is 139 cm³/mol. The molecule has 3 aromatic heterocycles. The van der Waals surface area contributed by atoms with Gasteiger partial charge in [-0.3, -0.25) is 15.2 Å². The standard InChI is InChI=1S/C27H24N8O/c1-34(16-14-22-7-5-6-15-28-22)27(36)21-12-10-20(11-13-21)17-31-33-25-24-18-32-35(26(24)30-19-29-25)23-8-3-2-4-9-23/h2-13,15,17-19H,14,16H2,1H3,(H,29,30,33)/b31-17-. The topological polar surface area (TPSA) is 101 Å². The number of rotatable bonds is 8. The third-order valence-electron chi connectivity index (χ3n) is 5.68. The van der Waals surface area contributed by atoms with Crippen molar-refractivity contribution < 1.29 is 4.79 Å². The minimum atomic E-state index is -0.0358. The van der Waals surface area contributed by atoms with Gasteiger partial charge in [-0.25, -0.2) is 14.6 Å². The molecule has 0 unspecified atom stereocenters. The van der Waals surface area contributed by atoms with Crippen LogP contribution in [0.2, 0.25) is 0 Å². The summed E-state index contributed by atoms with van der Waals surface area (Å²) < 4.78 is 1.76. The van der Waals surface area contributed by atoms with E-state index in [1.807, 2.05) is 60.7 Å². The number of hydrazone groups is 1. The highest BCUT2D eigenvalue weighted by molar-refractivity contribution is 5.95. The summed E-state index contributed by atoms with van der Waals surface area (Å²) in [6.07, 6.45) is 7.34. The Kier molecular flexibility index (Phi) is 6.70. The molecule has 9 heteroatoms. The fourth-order valence-corrected chi connectivity index (χ4v) is 3.72. The van der Waals surface area contributed by atoms with E-state index < -0.39 is 0 Å². The number of para-hydroxylation sites is 1. The molecule has 0 radical (unpaired) electrons. The molecule has 0 saturated carbocycles. The molecule has 9 nitrogen and oxygen atoms in total. The molecule has 36 heavy (non-hydrogen) atoms. The quantitative estimate of drug-likeness (QED) is 0.269. The van der Waals surface area contributed by atoms with Crippen LogP contribution in [0.3, 0.4) is 0 Å². The number of amides is 1. The fraction of sp³-hybridized carbons (Fsp3) is 0.111. The second-order valence-electron chi connectivity index (χ2n) is 8.14. The minimum Gasteiger partial charge on any atom is -0.341 e. The van der Waals surface area contributed by atoms with Crippen molar-refractivity contribution in [3.8, 4) is 5.69 Å². The molecule has 5 aromatic rings. The molecule has 0 spiro atoms. The molecule has 3 heterocycles. The second kappa shape index (κ2) is 10.6. The van der Waals surface area contributed by atoms with Crippen molar-refractivity contribution in [2.45, 2.75) is 6.42 Å². The lowest BCUT2D eigenvalue weighted by Gasteiger charge is -2.17. The van der Waals surface area contributed by atoms with Gasteiger partial charge in [0.25, 0.3) is 5.91 Å². The van der Waals surface area contributed by atoms with Crippen LogP contribution in [0.25, 0.3) is 16.7 Å². The number of benzene rings is 2. The van der Waals surface area contributed by atoms with E-state index in [2.05, 4.69) is 30.6 Å². The Labute approximate surface area is 208 Å². The summed E-state index contributed by atoms with van der Waals surface area (Å²) in [5.41, 5.74) is 7.00. The highest BCUT2D eigenvalue weighted by Gasteiger charge is 2.12. The number of hydrogen-bond donors (Lipinski definition) is 1. The molecule has 1 amide bonds. The number of carbonyl (C=O) groups is 1. The first-order valence-corrected chi connectivity index (χ1v) is 11.5. The molecule has 0 bridgehead atoms. The highest BCUT2D eigenvalue weighted by atomic mass is 16.2. The molecule has 5 rings (SSSR count). The van der Waals surface area contributed by atoms with Crippen LogP contribution in [0.1, 0.15) is 21.6 Å². The van der Waals surface area contributed by atoms with Crippen LogP contribution in [0, 0.1) is 0 Å². The zero-order valence-corrected chi connectivity index (χ0v) is 19.7. The van der Waals surface area contributed by atoms with Gasteiger partial charge >= 0.3 is 0 Å². The third-order valence-corrected chi connectivity index (χ3v) is 5.68. The molecular formula is C27H24N8O. The molecular weight excluding hydrogens is 452 g/mol. The van der Waals surface area contributed by atoms with E-state index in [-0.39, 0.29) is 5.91 Å². The zero-order valence-electron chi connectivity index (χ0n) is 19.7. The summed E-state index contributed by atoms with van der Waals surface area (Å²) in [7, 11) is 1.80. The van der Waals surface area contributed by atoms with Crippen LogP contribution < -0.4 is 5.43 Å². The van der Waals surface area contributed by atoms with E-state index in [4.69, 9.17) is 0 Å². The third kappa shape index (κ3) is 5.10. The smallest absolute Gasteiger partial charge is 0.253 e. The Morgan fingerprint density at radius 2 is 1.81 bits per heavy atom. The maximum Gasteiger partial charge on any atom is 0.253 e. The average molecular weight is 477 g/mol. The van der Waals surface area contributed by atoms with E-state index in [1.54, 1.807) is 47.4 Å². The Bertz CT molecular complexity index is 1480. The molecule has 0 saturated heterocycles. The number of pyridine rings is 1. The number of anilines is 1. The van der Waals surface area contributed by atoms with Crippen molar-refractivity contribution in [2.75, 3.05) is 19.0 Å². The number of aromatic nitrogens is 5. The number of fused-ring (bicyclic) bond motifs is 1. The van der Waals surface area contributed by atoms with Gasteiger partial charge in [-0.15, -0.1) is 0 Å².